The SMILES string of the molecule is CC1NC=C(NC(=O)CN2CC(C)(C)C2)C=C1NC=O. The first kappa shape index (κ1) is 14.6. The largest absolute Gasteiger partial charge is 0.381 e. The number of carbonyl (C=O) groups is 2. The average molecular weight is 278 g/mol. The third-order valence-corrected chi connectivity index (χ3v) is 3.45. The predicted octanol–water partition coefficient (Wildman–Crippen LogP) is -0.0926. The Balaban J connectivity index is 1.84. The van der Waals surface area contributed by atoms with Crippen LogP contribution in [0, 0.1) is 5.41 Å². The second kappa shape index (κ2) is 5.66. The fourth-order valence-electron chi connectivity index (χ4n) is 2.63. The molecule has 1 saturated heterocycles. The number of amides is 2. The lowest BCUT2D eigenvalue weighted by Crippen LogP contribution is -2.55. The minimum atomic E-state index is -0.0372. The van der Waals surface area contributed by atoms with E-state index in [1.807, 2.05) is 6.92 Å². The topological polar surface area (TPSA) is 73.5 Å². The molecule has 2 rings (SSSR count). The number of rotatable bonds is 5. The second-order valence-electron chi connectivity index (χ2n) is 6.21. The van der Waals surface area contributed by atoms with E-state index >= 15 is 0 Å². The van der Waals surface area contributed by atoms with Gasteiger partial charge in [-0.05, 0) is 18.4 Å². The van der Waals surface area contributed by atoms with Crippen LogP contribution >= 0.6 is 0 Å². The van der Waals surface area contributed by atoms with Crippen molar-refractivity contribution in [2.24, 2.45) is 5.41 Å². The van der Waals surface area contributed by atoms with E-state index in [9.17, 15) is 9.59 Å². The highest BCUT2D eigenvalue weighted by molar-refractivity contribution is 5.80. The Morgan fingerprint density at radius 2 is 2.25 bits per heavy atom. The minimum Gasteiger partial charge on any atom is -0.381 e. The van der Waals surface area contributed by atoms with Crippen LogP contribution in [0.3, 0.4) is 0 Å². The molecule has 0 bridgehead atoms. The lowest BCUT2D eigenvalue weighted by atomic mass is 9.84. The van der Waals surface area contributed by atoms with Gasteiger partial charge in [-0.1, -0.05) is 13.8 Å². The van der Waals surface area contributed by atoms with Crippen LogP contribution in [0.2, 0.25) is 0 Å². The predicted molar refractivity (Wildman–Crippen MR) is 76.3 cm³/mol. The van der Waals surface area contributed by atoms with E-state index in [-0.39, 0.29) is 11.9 Å². The highest BCUT2D eigenvalue weighted by Crippen LogP contribution is 2.27. The number of hydrogen-bond donors (Lipinski definition) is 3. The Kier molecular flexibility index (Phi) is 4.13. The fraction of sp³-hybridized carbons (Fsp3) is 0.571. The molecule has 1 atom stereocenters. The summed E-state index contributed by atoms with van der Waals surface area (Å²) in [4.78, 5) is 24.6. The second-order valence-corrected chi connectivity index (χ2v) is 6.21. The Labute approximate surface area is 119 Å². The lowest BCUT2D eigenvalue weighted by Gasteiger charge is -2.45. The van der Waals surface area contributed by atoms with E-state index in [1.165, 1.54) is 0 Å². The molecule has 20 heavy (non-hydrogen) atoms. The van der Waals surface area contributed by atoms with Crippen molar-refractivity contribution in [1.82, 2.24) is 20.9 Å². The molecule has 1 fully saturated rings. The fourth-order valence-corrected chi connectivity index (χ4v) is 2.63. The van der Waals surface area contributed by atoms with Crippen LogP contribution in [0.1, 0.15) is 20.8 Å². The molecule has 0 radical (unpaired) electrons. The minimum absolute atomic E-state index is 0.0250. The number of likely N-dealkylation sites (tertiary alicyclic amines) is 1. The molecular weight excluding hydrogens is 256 g/mol. The average Bonchev–Trinajstić information content (AvgIpc) is 2.31. The highest BCUT2D eigenvalue weighted by atomic mass is 16.2. The van der Waals surface area contributed by atoms with Crippen molar-refractivity contribution in [2.75, 3.05) is 19.6 Å². The van der Waals surface area contributed by atoms with Crippen LogP contribution in [-0.4, -0.2) is 42.9 Å². The first-order chi connectivity index (χ1) is 9.39. The van der Waals surface area contributed by atoms with Gasteiger partial charge in [-0.3, -0.25) is 14.5 Å². The zero-order valence-corrected chi connectivity index (χ0v) is 12.2. The first-order valence-electron chi connectivity index (χ1n) is 6.80. The molecule has 6 nitrogen and oxygen atoms in total. The van der Waals surface area contributed by atoms with Crippen LogP contribution in [0.5, 0.6) is 0 Å². The summed E-state index contributed by atoms with van der Waals surface area (Å²) in [6.07, 6.45) is 4.16. The Hall–Kier alpha value is -1.82. The first-order valence-corrected chi connectivity index (χ1v) is 6.80. The third kappa shape index (κ3) is 3.60. The molecule has 2 aliphatic heterocycles. The maximum atomic E-state index is 11.9. The Morgan fingerprint density at radius 3 is 2.85 bits per heavy atom. The van der Waals surface area contributed by atoms with Gasteiger partial charge in [0.25, 0.3) is 0 Å². The van der Waals surface area contributed by atoms with Crippen molar-refractivity contribution < 1.29 is 9.59 Å². The summed E-state index contributed by atoms with van der Waals surface area (Å²) in [5.41, 5.74) is 1.72. The molecule has 1 unspecified atom stereocenters. The molecule has 0 aromatic rings. The molecular formula is C14H22N4O2. The van der Waals surface area contributed by atoms with Gasteiger partial charge in [-0.25, -0.2) is 0 Å². The van der Waals surface area contributed by atoms with Gasteiger partial charge in [0.1, 0.15) is 0 Å². The smallest absolute Gasteiger partial charge is 0.238 e. The number of hydrogen-bond acceptors (Lipinski definition) is 4. The summed E-state index contributed by atoms with van der Waals surface area (Å²) in [5, 5.41) is 8.55. The molecule has 2 aliphatic rings. The monoisotopic (exact) mass is 278 g/mol. The number of carbonyl (C=O) groups excluding carboxylic acids is 2. The van der Waals surface area contributed by atoms with Gasteiger partial charge in [0.2, 0.25) is 12.3 Å². The van der Waals surface area contributed by atoms with Crippen LogP contribution < -0.4 is 16.0 Å². The molecule has 0 aromatic heterocycles. The van der Waals surface area contributed by atoms with Crippen molar-refractivity contribution in [3.63, 3.8) is 0 Å². The molecule has 3 N–H and O–H groups in total. The van der Waals surface area contributed by atoms with E-state index in [0.29, 0.717) is 24.1 Å². The number of nitrogens with zero attached hydrogens (tertiary/aromatic N) is 1. The van der Waals surface area contributed by atoms with Gasteiger partial charge in [-0.2, -0.15) is 0 Å². The Morgan fingerprint density at radius 1 is 1.55 bits per heavy atom. The molecule has 2 heterocycles. The van der Waals surface area contributed by atoms with Crippen molar-refractivity contribution >= 4 is 12.3 Å². The maximum absolute atomic E-state index is 11.9. The van der Waals surface area contributed by atoms with Gasteiger partial charge in [-0.15, -0.1) is 0 Å². The van der Waals surface area contributed by atoms with Gasteiger partial charge in [0.05, 0.1) is 18.3 Å². The Bertz CT molecular complexity index is 460. The van der Waals surface area contributed by atoms with Crippen LogP contribution in [0.4, 0.5) is 0 Å². The van der Waals surface area contributed by atoms with Crippen LogP contribution in [0.25, 0.3) is 0 Å². The van der Waals surface area contributed by atoms with E-state index < -0.39 is 0 Å². The number of nitrogens with one attached hydrogen (secondary N) is 3. The molecule has 0 saturated carbocycles. The summed E-state index contributed by atoms with van der Waals surface area (Å²) in [6, 6.07) is 0.0250. The molecule has 2 amide bonds. The van der Waals surface area contributed by atoms with Gasteiger partial charge < -0.3 is 16.0 Å². The molecule has 0 aliphatic carbocycles. The third-order valence-electron chi connectivity index (χ3n) is 3.45. The van der Waals surface area contributed by atoms with Crippen LogP contribution in [-0.2, 0) is 9.59 Å². The molecule has 0 aromatic carbocycles. The molecule has 6 heteroatoms. The van der Waals surface area contributed by atoms with Crippen molar-refractivity contribution in [3.05, 3.63) is 23.7 Å². The summed E-state index contributed by atoms with van der Waals surface area (Å²) in [5.74, 6) is -0.0372. The zero-order valence-electron chi connectivity index (χ0n) is 12.2. The molecule has 110 valence electrons. The van der Waals surface area contributed by atoms with Gasteiger partial charge >= 0.3 is 0 Å². The molecule has 0 spiro atoms. The van der Waals surface area contributed by atoms with E-state index in [2.05, 4.69) is 34.7 Å². The normalized spacial score (nSPS) is 24.6. The van der Waals surface area contributed by atoms with Gasteiger partial charge in [0, 0.05) is 25.0 Å². The van der Waals surface area contributed by atoms with Crippen LogP contribution in [0.15, 0.2) is 23.7 Å². The highest BCUT2D eigenvalue weighted by Gasteiger charge is 2.34. The quantitative estimate of drug-likeness (QED) is 0.614. The van der Waals surface area contributed by atoms with E-state index in [4.69, 9.17) is 0 Å². The summed E-state index contributed by atoms with van der Waals surface area (Å²) < 4.78 is 0. The van der Waals surface area contributed by atoms with E-state index in [1.54, 1.807) is 12.3 Å². The van der Waals surface area contributed by atoms with Crippen molar-refractivity contribution in [2.45, 2.75) is 26.8 Å². The van der Waals surface area contributed by atoms with Crippen molar-refractivity contribution in [3.8, 4) is 0 Å². The number of dihydropyridines is 1. The van der Waals surface area contributed by atoms with Gasteiger partial charge in [0.15, 0.2) is 0 Å². The van der Waals surface area contributed by atoms with E-state index in [0.717, 1.165) is 18.8 Å². The lowest BCUT2D eigenvalue weighted by molar-refractivity contribution is -0.124. The standard InChI is InChI=1S/C14H22N4O2/c1-10-12(16-9-19)4-11(5-15-10)17-13(20)6-18-7-14(2,3)8-18/h4-5,9-10,15H,6-8H2,1-3H3,(H,16,19)(H,17,20). The van der Waals surface area contributed by atoms with Crippen molar-refractivity contribution in [1.29, 1.82) is 0 Å². The number of allylic oxidation sites excluding steroid dienone is 1. The zero-order chi connectivity index (χ0) is 14.8. The summed E-state index contributed by atoms with van der Waals surface area (Å²) >= 11 is 0. The summed E-state index contributed by atoms with van der Waals surface area (Å²) in [7, 11) is 0. The summed E-state index contributed by atoms with van der Waals surface area (Å²) in [6.45, 7) is 8.61. The maximum Gasteiger partial charge on any atom is 0.238 e.